The molecule has 188 valence electrons. The number of amides is 1. The summed E-state index contributed by atoms with van der Waals surface area (Å²) < 4.78 is 52.0. The van der Waals surface area contributed by atoms with Gasteiger partial charge in [-0.1, -0.05) is 25.6 Å². The highest BCUT2D eigenvalue weighted by molar-refractivity contribution is 7.95. The highest BCUT2D eigenvalue weighted by atomic mass is 32.2. The van der Waals surface area contributed by atoms with Crippen molar-refractivity contribution in [3.8, 4) is 11.5 Å². The summed E-state index contributed by atoms with van der Waals surface area (Å²) in [7, 11) is -3.53. The SMILES string of the molecule is CN=[S@]1(=O)C[C@@](CF)(c2cc(C#C[Si](C)(C)C)ccc2F)N=C(NC(=O)OC(C)(C)C)C1(C)C. The lowest BCUT2D eigenvalue weighted by Gasteiger charge is -2.42. The fourth-order valence-electron chi connectivity index (χ4n) is 3.41. The van der Waals surface area contributed by atoms with E-state index in [0.29, 0.717) is 5.56 Å². The molecule has 0 saturated heterocycles. The maximum Gasteiger partial charge on any atom is 0.413 e. The van der Waals surface area contributed by atoms with E-state index >= 15 is 4.39 Å². The van der Waals surface area contributed by atoms with Crippen molar-refractivity contribution < 1.29 is 22.5 Å². The molecule has 2 rings (SSSR count). The molecule has 0 unspecified atom stereocenters. The Morgan fingerprint density at radius 1 is 1.32 bits per heavy atom. The minimum absolute atomic E-state index is 0.0702. The molecule has 2 atom stereocenters. The van der Waals surface area contributed by atoms with Crippen LogP contribution in [0.3, 0.4) is 0 Å². The molecular weight excluding hydrogens is 476 g/mol. The van der Waals surface area contributed by atoms with E-state index in [1.807, 2.05) is 0 Å². The first-order valence-corrected chi connectivity index (χ1v) is 16.2. The maximum absolute atomic E-state index is 15.1. The Hall–Kier alpha value is -2.25. The molecule has 1 aliphatic heterocycles. The van der Waals surface area contributed by atoms with Crippen molar-refractivity contribution in [2.75, 3.05) is 19.5 Å². The highest BCUT2D eigenvalue weighted by Gasteiger charge is 2.51. The molecule has 0 radical (unpaired) electrons. The van der Waals surface area contributed by atoms with Crippen molar-refractivity contribution in [2.45, 2.75) is 70.1 Å². The van der Waals surface area contributed by atoms with Crippen LogP contribution in [0.5, 0.6) is 0 Å². The third-order valence-corrected chi connectivity index (χ3v) is 9.43. The zero-order valence-electron chi connectivity index (χ0n) is 21.4. The molecule has 1 N–H and O–H groups in total. The second-order valence-corrected chi connectivity index (χ2v) is 18.6. The first-order chi connectivity index (χ1) is 15.4. The van der Waals surface area contributed by atoms with Crippen LogP contribution in [0, 0.1) is 17.3 Å². The van der Waals surface area contributed by atoms with Gasteiger partial charge >= 0.3 is 6.09 Å². The van der Waals surface area contributed by atoms with Gasteiger partial charge < -0.3 is 4.74 Å². The van der Waals surface area contributed by atoms with E-state index < -0.39 is 52.3 Å². The van der Waals surface area contributed by atoms with E-state index in [2.05, 4.69) is 45.8 Å². The molecule has 6 nitrogen and oxygen atoms in total. The van der Waals surface area contributed by atoms with Gasteiger partial charge in [0.15, 0.2) is 0 Å². The van der Waals surface area contributed by atoms with Crippen LogP contribution in [-0.2, 0) is 20.0 Å². The number of benzene rings is 1. The smallest absolute Gasteiger partial charge is 0.413 e. The average Bonchev–Trinajstić information content (AvgIpc) is 2.69. The van der Waals surface area contributed by atoms with Gasteiger partial charge in [0.05, 0.1) is 15.5 Å². The number of alkyl halides is 1. The van der Waals surface area contributed by atoms with E-state index in [-0.39, 0.29) is 17.2 Å². The molecule has 0 saturated carbocycles. The molecule has 0 aromatic heterocycles. The largest absolute Gasteiger partial charge is 0.444 e. The molecule has 1 aromatic carbocycles. The lowest BCUT2D eigenvalue weighted by Crippen LogP contribution is -2.59. The fraction of sp³-hybridized carbons (Fsp3) is 0.583. The van der Waals surface area contributed by atoms with Gasteiger partial charge in [-0.2, -0.15) is 0 Å². The lowest BCUT2D eigenvalue weighted by atomic mass is 9.91. The Bertz CT molecular complexity index is 1180. The van der Waals surface area contributed by atoms with Crippen LogP contribution in [0.15, 0.2) is 27.6 Å². The minimum atomic E-state index is -3.19. The molecule has 0 spiro atoms. The van der Waals surface area contributed by atoms with E-state index in [0.717, 1.165) is 0 Å². The summed E-state index contributed by atoms with van der Waals surface area (Å²) in [5, 5.41) is 2.53. The number of ether oxygens (including phenoxy) is 1. The van der Waals surface area contributed by atoms with Crippen LogP contribution in [-0.4, -0.2) is 54.0 Å². The molecule has 1 heterocycles. The molecule has 1 aliphatic rings. The predicted octanol–water partition coefficient (Wildman–Crippen LogP) is 5.03. The minimum Gasteiger partial charge on any atom is -0.444 e. The van der Waals surface area contributed by atoms with Gasteiger partial charge in [0.25, 0.3) is 0 Å². The summed E-state index contributed by atoms with van der Waals surface area (Å²) in [4.78, 5) is 17.0. The summed E-state index contributed by atoms with van der Waals surface area (Å²) in [6, 6.07) is 4.18. The van der Waals surface area contributed by atoms with E-state index in [4.69, 9.17) is 4.74 Å². The Kier molecular flexibility index (Phi) is 7.75. The zero-order chi connectivity index (χ0) is 26.2. The maximum atomic E-state index is 15.1. The molecule has 0 bridgehead atoms. The normalized spacial score (nSPS) is 24.4. The fourth-order valence-corrected chi connectivity index (χ4v) is 6.21. The summed E-state index contributed by atoms with van der Waals surface area (Å²) in [5.41, 5.74) is 0.986. The molecule has 1 amide bonds. The Morgan fingerprint density at radius 2 is 1.94 bits per heavy atom. The number of aliphatic imine (C=N–C) groups is 1. The van der Waals surface area contributed by atoms with Gasteiger partial charge in [-0.15, -0.1) is 5.54 Å². The summed E-state index contributed by atoms with van der Waals surface area (Å²) in [6.07, 6.45) is -0.831. The Morgan fingerprint density at radius 3 is 2.44 bits per heavy atom. The van der Waals surface area contributed by atoms with Gasteiger partial charge in [-0.05, 0) is 52.8 Å². The van der Waals surface area contributed by atoms with Crippen LogP contribution < -0.4 is 5.32 Å². The van der Waals surface area contributed by atoms with Gasteiger partial charge in [-0.3, -0.25) is 10.3 Å². The number of carbonyl (C=O) groups is 1. The molecule has 10 heteroatoms. The van der Waals surface area contributed by atoms with Gasteiger partial charge in [0, 0.05) is 18.2 Å². The number of nitrogens with zero attached hydrogens (tertiary/aromatic N) is 2. The van der Waals surface area contributed by atoms with Crippen LogP contribution in [0.2, 0.25) is 19.6 Å². The van der Waals surface area contributed by atoms with Gasteiger partial charge in [0.1, 0.15) is 42.3 Å². The Balaban J connectivity index is 2.75. The number of amidine groups is 1. The van der Waals surface area contributed by atoms with E-state index in [1.165, 1.54) is 25.2 Å². The topological polar surface area (TPSA) is 80.1 Å². The van der Waals surface area contributed by atoms with E-state index in [1.54, 1.807) is 34.6 Å². The van der Waals surface area contributed by atoms with Crippen molar-refractivity contribution in [3.05, 3.63) is 35.1 Å². The number of rotatable bonds is 2. The van der Waals surface area contributed by atoms with Crippen LogP contribution in [0.25, 0.3) is 0 Å². The molecule has 0 aliphatic carbocycles. The van der Waals surface area contributed by atoms with Gasteiger partial charge in [-0.25, -0.2) is 22.1 Å². The zero-order valence-corrected chi connectivity index (χ0v) is 23.2. The quantitative estimate of drug-likeness (QED) is 0.447. The number of nitrogens with one attached hydrogen (secondary N) is 1. The monoisotopic (exact) mass is 511 g/mol. The standard InChI is InChI=1S/C24H35F2N3O3SSi/c1-22(2,3)32-21(30)28-20-23(4,5)33(31,27-6)16-24(15-25,29-20)18-14-17(10-11-19(18)26)12-13-34(7,8)9/h10-11,14H,15-16H2,1-9H3,(H,28,29,30)/t24-,33-/m0/s1. The number of halogens is 2. The number of carbonyl (C=O) groups excluding carboxylic acids is 1. The molecule has 34 heavy (non-hydrogen) atoms. The first-order valence-electron chi connectivity index (χ1n) is 11.0. The number of hydrogen-bond donors (Lipinski definition) is 1. The summed E-state index contributed by atoms with van der Waals surface area (Å²) >= 11 is 0. The van der Waals surface area contributed by atoms with Crippen molar-refractivity contribution in [1.82, 2.24) is 5.32 Å². The Labute approximate surface area is 203 Å². The third-order valence-electron chi connectivity index (χ3n) is 5.31. The van der Waals surface area contributed by atoms with Crippen molar-refractivity contribution >= 4 is 29.7 Å². The summed E-state index contributed by atoms with van der Waals surface area (Å²) in [6.45, 7) is 13.4. The van der Waals surface area contributed by atoms with Crippen molar-refractivity contribution in [2.24, 2.45) is 9.36 Å². The first kappa shape index (κ1) is 28.0. The average molecular weight is 512 g/mol. The summed E-state index contributed by atoms with van der Waals surface area (Å²) in [5.74, 6) is 1.93. The molecular formula is C24H35F2N3O3SSi. The van der Waals surface area contributed by atoms with Gasteiger partial charge in [0.2, 0.25) is 0 Å². The van der Waals surface area contributed by atoms with Crippen LogP contribution in [0.1, 0.15) is 45.7 Å². The molecule has 1 aromatic rings. The number of alkyl carbamates (subject to hydrolysis) is 1. The van der Waals surface area contributed by atoms with Crippen LogP contribution >= 0.6 is 0 Å². The third kappa shape index (κ3) is 6.05. The van der Waals surface area contributed by atoms with Crippen molar-refractivity contribution in [3.63, 3.8) is 0 Å². The number of hydrogen-bond acceptors (Lipinski definition) is 5. The molecule has 0 fully saturated rings. The second kappa shape index (κ2) is 9.42. The van der Waals surface area contributed by atoms with Crippen molar-refractivity contribution in [1.29, 1.82) is 0 Å². The lowest BCUT2D eigenvalue weighted by molar-refractivity contribution is 0.0560. The highest BCUT2D eigenvalue weighted by Crippen LogP contribution is 2.40. The predicted molar refractivity (Wildman–Crippen MR) is 137 cm³/mol. The second-order valence-electron chi connectivity index (χ2n) is 10.9. The van der Waals surface area contributed by atoms with E-state index in [9.17, 15) is 13.4 Å². The van der Waals surface area contributed by atoms with Crippen LogP contribution in [0.4, 0.5) is 13.6 Å².